The van der Waals surface area contributed by atoms with Gasteiger partial charge in [-0.1, -0.05) is 6.07 Å². The van der Waals surface area contributed by atoms with Gasteiger partial charge < -0.3 is 15.6 Å². The molecule has 1 unspecified atom stereocenters. The predicted molar refractivity (Wildman–Crippen MR) is 108 cm³/mol. The van der Waals surface area contributed by atoms with Crippen molar-refractivity contribution in [1.82, 2.24) is 14.2 Å². The number of primary amides is 1. The van der Waals surface area contributed by atoms with Gasteiger partial charge in [0, 0.05) is 43.9 Å². The number of nitrogens with zero attached hydrogens (tertiary/aromatic N) is 2. The van der Waals surface area contributed by atoms with E-state index in [0.717, 1.165) is 12.1 Å². The van der Waals surface area contributed by atoms with Gasteiger partial charge in [-0.25, -0.2) is 17.2 Å². The van der Waals surface area contributed by atoms with Crippen LogP contribution in [0, 0.1) is 17.6 Å². The second-order valence-corrected chi connectivity index (χ2v) is 9.55. The maximum Gasteiger partial charge on any atom is 0.265 e. The van der Waals surface area contributed by atoms with Crippen molar-refractivity contribution < 1.29 is 26.8 Å². The average molecular weight is 454 g/mol. The molecule has 1 aliphatic rings. The number of nitrogens with one attached hydrogen (secondary N) is 1. The summed E-state index contributed by atoms with van der Waals surface area (Å²) in [7, 11) is -2.31. The highest BCUT2D eigenvalue weighted by Gasteiger charge is 2.33. The fraction of sp³-hybridized carbons (Fsp3) is 0.400. The summed E-state index contributed by atoms with van der Waals surface area (Å²) in [5, 5.41) is 2.71. The first kappa shape index (κ1) is 22.9. The van der Waals surface area contributed by atoms with Gasteiger partial charge in [0.25, 0.3) is 5.91 Å². The molecule has 31 heavy (non-hydrogen) atoms. The highest BCUT2D eigenvalue weighted by Crippen LogP contribution is 2.26. The highest BCUT2D eigenvalue weighted by atomic mass is 32.2. The maximum atomic E-state index is 13.9. The fourth-order valence-corrected chi connectivity index (χ4v) is 5.23. The normalized spacial score (nSPS) is 16.8. The van der Waals surface area contributed by atoms with Crippen molar-refractivity contribution >= 4 is 21.8 Å². The largest absolute Gasteiger partial charge is 0.364 e. The van der Waals surface area contributed by atoms with Crippen molar-refractivity contribution in [3.05, 3.63) is 53.4 Å². The Morgan fingerprint density at radius 3 is 2.39 bits per heavy atom. The molecule has 0 bridgehead atoms. The second kappa shape index (κ2) is 8.75. The SMILES string of the molecule is CC(NC(=O)C1CCN(S(=O)(=O)c2cc(C(N)=O)n(C)c2)CC1)c1ccc(F)cc1F. The van der Waals surface area contributed by atoms with Crippen LogP contribution in [-0.2, 0) is 21.9 Å². The van der Waals surface area contributed by atoms with Crippen LogP contribution in [0.1, 0.15) is 41.9 Å². The minimum atomic E-state index is -3.83. The van der Waals surface area contributed by atoms with E-state index in [1.165, 1.54) is 34.2 Å². The summed E-state index contributed by atoms with van der Waals surface area (Å²) in [6.45, 7) is 1.85. The zero-order valence-corrected chi connectivity index (χ0v) is 18.0. The van der Waals surface area contributed by atoms with Crippen molar-refractivity contribution in [2.45, 2.75) is 30.7 Å². The molecule has 1 fully saturated rings. The van der Waals surface area contributed by atoms with Crippen molar-refractivity contribution in [2.24, 2.45) is 18.7 Å². The predicted octanol–water partition coefficient (Wildman–Crippen LogP) is 1.68. The van der Waals surface area contributed by atoms with E-state index in [4.69, 9.17) is 5.73 Å². The van der Waals surface area contributed by atoms with Crippen LogP contribution in [0.5, 0.6) is 0 Å². The van der Waals surface area contributed by atoms with Crippen molar-refractivity contribution in [3.8, 4) is 0 Å². The molecule has 1 saturated heterocycles. The molecule has 2 aromatic rings. The number of aromatic nitrogens is 1. The van der Waals surface area contributed by atoms with E-state index >= 15 is 0 Å². The molecule has 1 aromatic carbocycles. The van der Waals surface area contributed by atoms with Gasteiger partial charge in [0.1, 0.15) is 22.2 Å². The van der Waals surface area contributed by atoms with Gasteiger partial charge in [0.15, 0.2) is 0 Å². The Kier molecular flexibility index (Phi) is 6.46. The second-order valence-electron chi connectivity index (χ2n) is 7.61. The molecule has 1 aromatic heterocycles. The Labute approximate surface area is 179 Å². The van der Waals surface area contributed by atoms with Gasteiger partial charge in [-0.05, 0) is 31.9 Å². The summed E-state index contributed by atoms with van der Waals surface area (Å²) in [5.74, 6) is -2.92. The van der Waals surface area contributed by atoms with Crippen molar-refractivity contribution in [1.29, 1.82) is 0 Å². The molecule has 3 N–H and O–H groups in total. The molecule has 3 rings (SSSR count). The molecular weight excluding hydrogens is 430 g/mol. The molecule has 0 spiro atoms. The summed E-state index contributed by atoms with van der Waals surface area (Å²) in [6, 6.07) is 3.73. The third-order valence-electron chi connectivity index (χ3n) is 5.48. The number of amides is 2. The van der Waals surface area contributed by atoms with Gasteiger partial charge in [0.2, 0.25) is 15.9 Å². The number of benzene rings is 1. The van der Waals surface area contributed by atoms with Crippen LogP contribution in [0.3, 0.4) is 0 Å². The first-order valence-electron chi connectivity index (χ1n) is 9.72. The minimum absolute atomic E-state index is 0.0351. The van der Waals surface area contributed by atoms with Crippen LogP contribution in [-0.4, -0.2) is 42.2 Å². The van der Waals surface area contributed by atoms with Crippen LogP contribution in [0.4, 0.5) is 8.78 Å². The molecule has 0 saturated carbocycles. The summed E-state index contributed by atoms with van der Waals surface area (Å²) in [4.78, 5) is 23.9. The van der Waals surface area contributed by atoms with Crippen LogP contribution in [0.25, 0.3) is 0 Å². The van der Waals surface area contributed by atoms with Crippen LogP contribution in [0.15, 0.2) is 35.4 Å². The highest BCUT2D eigenvalue weighted by molar-refractivity contribution is 7.89. The van der Waals surface area contributed by atoms with Gasteiger partial charge in [-0.3, -0.25) is 9.59 Å². The van der Waals surface area contributed by atoms with Gasteiger partial charge in [-0.2, -0.15) is 4.31 Å². The monoisotopic (exact) mass is 454 g/mol. The molecule has 1 atom stereocenters. The number of halogens is 2. The number of rotatable bonds is 6. The molecule has 2 amide bonds. The zero-order chi connectivity index (χ0) is 22.9. The maximum absolute atomic E-state index is 13.9. The van der Waals surface area contributed by atoms with Gasteiger partial charge in [-0.15, -0.1) is 0 Å². The average Bonchev–Trinajstić information content (AvgIpc) is 3.10. The lowest BCUT2D eigenvalue weighted by molar-refractivity contribution is -0.126. The Morgan fingerprint density at radius 2 is 1.84 bits per heavy atom. The smallest absolute Gasteiger partial charge is 0.265 e. The van der Waals surface area contributed by atoms with E-state index in [-0.39, 0.29) is 35.1 Å². The lowest BCUT2D eigenvalue weighted by Gasteiger charge is -2.31. The summed E-state index contributed by atoms with van der Waals surface area (Å²) in [5.41, 5.74) is 5.49. The van der Waals surface area contributed by atoms with Gasteiger partial charge >= 0.3 is 0 Å². The Bertz CT molecular complexity index is 1110. The lowest BCUT2D eigenvalue weighted by Crippen LogP contribution is -2.43. The number of carbonyl (C=O) groups is 2. The fourth-order valence-electron chi connectivity index (χ4n) is 3.69. The van der Waals surface area contributed by atoms with E-state index < -0.39 is 39.5 Å². The molecule has 1 aliphatic heterocycles. The number of carbonyl (C=O) groups excluding carboxylic acids is 2. The van der Waals surface area contributed by atoms with Crippen molar-refractivity contribution in [2.75, 3.05) is 13.1 Å². The summed E-state index contributed by atoms with van der Waals surface area (Å²) < 4.78 is 55.4. The number of hydrogen-bond donors (Lipinski definition) is 2. The van der Waals surface area contributed by atoms with Gasteiger partial charge in [0.05, 0.1) is 6.04 Å². The van der Waals surface area contributed by atoms with E-state index in [1.807, 2.05) is 0 Å². The Hall–Kier alpha value is -2.79. The lowest BCUT2D eigenvalue weighted by atomic mass is 9.96. The Morgan fingerprint density at radius 1 is 1.19 bits per heavy atom. The van der Waals surface area contributed by atoms with E-state index in [0.29, 0.717) is 12.8 Å². The molecule has 0 radical (unpaired) electrons. The first-order chi connectivity index (χ1) is 14.5. The summed E-state index contributed by atoms with van der Waals surface area (Å²) >= 11 is 0. The molecule has 2 heterocycles. The molecule has 11 heteroatoms. The van der Waals surface area contributed by atoms with Crippen LogP contribution >= 0.6 is 0 Å². The molecule has 168 valence electrons. The van der Waals surface area contributed by atoms with Crippen LogP contribution in [0.2, 0.25) is 0 Å². The number of nitrogens with two attached hydrogens (primary N) is 1. The van der Waals surface area contributed by atoms with E-state index in [9.17, 15) is 26.8 Å². The third kappa shape index (κ3) is 4.77. The Balaban J connectivity index is 1.62. The minimum Gasteiger partial charge on any atom is -0.364 e. The number of hydrogen-bond acceptors (Lipinski definition) is 4. The molecular formula is C20H24F2N4O4S. The van der Waals surface area contributed by atoms with E-state index in [1.54, 1.807) is 6.92 Å². The molecule has 0 aliphatic carbocycles. The molecule has 8 nitrogen and oxygen atoms in total. The third-order valence-corrected chi connectivity index (χ3v) is 7.35. The number of aryl methyl sites for hydroxylation is 1. The zero-order valence-electron chi connectivity index (χ0n) is 17.1. The number of piperidine rings is 1. The number of sulfonamides is 1. The summed E-state index contributed by atoms with van der Waals surface area (Å²) in [6.07, 6.45) is 1.91. The topological polar surface area (TPSA) is 114 Å². The van der Waals surface area contributed by atoms with E-state index in [2.05, 4.69) is 5.32 Å². The van der Waals surface area contributed by atoms with Crippen molar-refractivity contribution in [3.63, 3.8) is 0 Å². The first-order valence-corrected chi connectivity index (χ1v) is 11.2. The quantitative estimate of drug-likeness (QED) is 0.691. The van der Waals surface area contributed by atoms with Crippen LogP contribution < -0.4 is 11.1 Å². The standard InChI is InChI=1S/C20H24F2N4O4S/c1-12(16-4-3-14(21)9-17(16)22)24-20(28)13-5-7-26(8-6-13)31(29,30)15-10-18(19(23)27)25(2)11-15/h3-4,9-13H,5-8H2,1-2H3,(H2,23,27)(H,24,28).